The second kappa shape index (κ2) is 8.39. The van der Waals surface area contributed by atoms with Crippen LogP contribution in [0.25, 0.3) is 16.9 Å². The van der Waals surface area contributed by atoms with Crippen LogP contribution in [0.1, 0.15) is 11.1 Å². The van der Waals surface area contributed by atoms with E-state index < -0.39 is 5.91 Å². The summed E-state index contributed by atoms with van der Waals surface area (Å²) in [5.74, 6) is 0.0404. The summed E-state index contributed by atoms with van der Waals surface area (Å²) >= 11 is 3.42. The summed E-state index contributed by atoms with van der Waals surface area (Å²) in [5, 5.41) is 3.44. The fourth-order valence-corrected chi connectivity index (χ4v) is 3.76. The number of fused-ring (bicyclic) bond motifs is 1. The van der Waals surface area contributed by atoms with Crippen molar-refractivity contribution in [3.05, 3.63) is 76.1 Å². The average Bonchev–Trinajstić information content (AvgIpc) is 3.06. The molecule has 1 amide bonds. The number of hydrogen-bond acceptors (Lipinski definition) is 4. The first-order valence-corrected chi connectivity index (χ1v) is 10.3. The average molecular weight is 483 g/mol. The van der Waals surface area contributed by atoms with Gasteiger partial charge in [-0.15, -0.1) is 0 Å². The lowest BCUT2D eigenvalue weighted by Gasteiger charge is -2.15. The number of nitrogens with two attached hydrogens (primary N) is 1. The maximum atomic E-state index is 14.1. The van der Waals surface area contributed by atoms with E-state index in [1.54, 1.807) is 16.5 Å². The van der Waals surface area contributed by atoms with E-state index >= 15 is 0 Å². The summed E-state index contributed by atoms with van der Waals surface area (Å²) in [5.41, 5.74) is 10.0. The van der Waals surface area contributed by atoms with E-state index in [1.807, 2.05) is 44.2 Å². The van der Waals surface area contributed by atoms with Crippen molar-refractivity contribution in [2.75, 3.05) is 11.9 Å². The van der Waals surface area contributed by atoms with Crippen LogP contribution in [0.5, 0.6) is 5.75 Å². The Balaban J connectivity index is 1.93. The molecule has 6 nitrogen and oxygen atoms in total. The third kappa shape index (κ3) is 4.25. The van der Waals surface area contributed by atoms with Crippen molar-refractivity contribution in [3.63, 3.8) is 0 Å². The van der Waals surface area contributed by atoms with Crippen molar-refractivity contribution >= 4 is 39.0 Å². The summed E-state index contributed by atoms with van der Waals surface area (Å²) in [6.07, 6.45) is 1.38. The van der Waals surface area contributed by atoms with Gasteiger partial charge in [0, 0.05) is 21.9 Å². The Bertz CT molecular complexity index is 1280. The van der Waals surface area contributed by atoms with Gasteiger partial charge in [0.05, 0.1) is 0 Å². The second-order valence-corrected chi connectivity index (χ2v) is 8.09. The highest BCUT2D eigenvalue weighted by atomic mass is 79.9. The number of nitrogens with one attached hydrogen (secondary N) is 1. The number of anilines is 2. The molecule has 0 fully saturated rings. The molecule has 0 aliphatic heterocycles. The fraction of sp³-hybridized carbons (Fsp3) is 0.130. The lowest BCUT2D eigenvalue weighted by Crippen LogP contribution is -2.20. The van der Waals surface area contributed by atoms with Crippen LogP contribution in [0, 0.1) is 19.7 Å². The van der Waals surface area contributed by atoms with E-state index in [-0.39, 0.29) is 12.4 Å². The Kier molecular flexibility index (Phi) is 5.65. The number of amides is 1. The van der Waals surface area contributed by atoms with Crippen LogP contribution in [0.2, 0.25) is 0 Å². The maximum Gasteiger partial charge on any atom is 0.255 e. The predicted molar refractivity (Wildman–Crippen MR) is 122 cm³/mol. The number of benzene rings is 2. The normalized spacial score (nSPS) is 11.0. The molecule has 0 saturated heterocycles. The van der Waals surface area contributed by atoms with Gasteiger partial charge in [-0.2, -0.15) is 0 Å². The van der Waals surface area contributed by atoms with Gasteiger partial charge in [-0.3, -0.25) is 9.20 Å². The molecule has 0 unspecified atom stereocenters. The van der Waals surface area contributed by atoms with E-state index in [0.29, 0.717) is 28.5 Å². The molecule has 0 radical (unpaired) electrons. The minimum atomic E-state index is -0.586. The highest BCUT2D eigenvalue weighted by Gasteiger charge is 2.20. The van der Waals surface area contributed by atoms with Crippen LogP contribution in [0.15, 0.2) is 59.2 Å². The Morgan fingerprint density at radius 1 is 1.19 bits per heavy atom. The Labute approximate surface area is 187 Å². The number of para-hydroxylation sites is 1. The smallest absolute Gasteiger partial charge is 0.255 e. The van der Waals surface area contributed by atoms with Gasteiger partial charge in [-0.1, -0.05) is 34.1 Å². The maximum absolute atomic E-state index is 14.1. The van der Waals surface area contributed by atoms with E-state index in [9.17, 15) is 9.18 Å². The third-order valence-corrected chi connectivity index (χ3v) is 5.37. The first-order valence-electron chi connectivity index (χ1n) is 9.55. The summed E-state index contributed by atoms with van der Waals surface area (Å²) in [6, 6.07) is 14.4. The Morgan fingerprint density at radius 3 is 2.65 bits per heavy atom. The number of aromatic nitrogens is 2. The lowest BCUT2D eigenvalue weighted by atomic mass is 10.1. The number of nitrogens with zero attached hydrogens (tertiary/aromatic N) is 2. The largest absolute Gasteiger partial charge is 0.483 e. The van der Waals surface area contributed by atoms with Crippen LogP contribution in [-0.2, 0) is 4.79 Å². The molecule has 8 heteroatoms. The summed E-state index contributed by atoms with van der Waals surface area (Å²) in [7, 11) is 0. The van der Waals surface area contributed by atoms with Crippen molar-refractivity contribution in [3.8, 4) is 17.0 Å². The van der Waals surface area contributed by atoms with E-state index in [2.05, 4.69) is 21.2 Å². The lowest BCUT2D eigenvalue weighted by molar-refractivity contribution is -0.119. The van der Waals surface area contributed by atoms with Crippen molar-refractivity contribution in [1.29, 1.82) is 0 Å². The molecule has 0 atom stereocenters. The number of imidazole rings is 1. The van der Waals surface area contributed by atoms with E-state index in [4.69, 9.17) is 15.5 Å². The highest BCUT2D eigenvalue weighted by molar-refractivity contribution is 9.10. The fourth-order valence-electron chi connectivity index (χ4n) is 3.42. The van der Waals surface area contributed by atoms with E-state index in [1.165, 1.54) is 12.3 Å². The number of ether oxygens (including phenoxy) is 1. The van der Waals surface area contributed by atoms with Gasteiger partial charge in [0.1, 0.15) is 28.7 Å². The summed E-state index contributed by atoms with van der Waals surface area (Å²) in [4.78, 5) is 16.0. The van der Waals surface area contributed by atoms with Crippen LogP contribution in [0.3, 0.4) is 0 Å². The van der Waals surface area contributed by atoms with Gasteiger partial charge in [-0.05, 0) is 55.3 Å². The van der Waals surface area contributed by atoms with E-state index in [0.717, 1.165) is 21.3 Å². The molecule has 0 aliphatic carbocycles. The molecule has 0 saturated carbocycles. The number of rotatable bonds is 6. The zero-order valence-corrected chi connectivity index (χ0v) is 18.5. The zero-order valence-electron chi connectivity index (χ0n) is 16.9. The number of halogens is 2. The molecule has 3 N–H and O–H groups in total. The van der Waals surface area contributed by atoms with Crippen LogP contribution in [-0.4, -0.2) is 21.9 Å². The van der Waals surface area contributed by atoms with Crippen LogP contribution in [0.4, 0.5) is 15.9 Å². The van der Waals surface area contributed by atoms with Crippen molar-refractivity contribution < 1.29 is 13.9 Å². The monoisotopic (exact) mass is 482 g/mol. The predicted octanol–water partition coefficient (Wildman–Crippen LogP) is 5.13. The number of carbonyl (C=O) groups is 1. The highest BCUT2D eigenvalue weighted by Crippen LogP contribution is 2.39. The number of carbonyl (C=O) groups excluding carboxylic acids is 1. The number of pyridine rings is 1. The second-order valence-electron chi connectivity index (χ2n) is 7.17. The minimum absolute atomic E-state index is 0.273. The summed E-state index contributed by atoms with van der Waals surface area (Å²) in [6.45, 7) is 3.73. The molecule has 158 valence electrons. The first kappa shape index (κ1) is 20.9. The molecular formula is C23H20BrFN4O2. The van der Waals surface area contributed by atoms with Gasteiger partial charge in [-0.25, -0.2) is 9.37 Å². The van der Waals surface area contributed by atoms with Crippen molar-refractivity contribution in [2.45, 2.75) is 13.8 Å². The van der Waals surface area contributed by atoms with Crippen molar-refractivity contribution in [2.24, 2.45) is 5.73 Å². The van der Waals surface area contributed by atoms with Gasteiger partial charge in [0.15, 0.2) is 6.61 Å². The molecule has 31 heavy (non-hydrogen) atoms. The Morgan fingerprint density at radius 2 is 1.94 bits per heavy atom. The molecule has 2 aromatic heterocycles. The standard InChI is InChI=1S/C23H20BrFN4O2/c1-13-4-3-5-14(2)21(13)28-23-22(27-20-9-7-16(25)11-29(20)23)17-8-6-15(24)10-18(17)31-12-19(26)30/h3-11,28H,12H2,1-2H3,(H2,26,30). The topological polar surface area (TPSA) is 81.6 Å². The molecule has 2 heterocycles. The Hall–Kier alpha value is -3.39. The molecule has 2 aromatic carbocycles. The van der Waals surface area contributed by atoms with Gasteiger partial charge in [0.25, 0.3) is 5.91 Å². The number of hydrogen-bond donors (Lipinski definition) is 2. The molecule has 4 aromatic rings. The third-order valence-electron chi connectivity index (χ3n) is 4.88. The zero-order chi connectivity index (χ0) is 22.1. The molecule has 4 rings (SSSR count). The van der Waals surface area contributed by atoms with Gasteiger partial charge < -0.3 is 15.8 Å². The van der Waals surface area contributed by atoms with Gasteiger partial charge in [0.2, 0.25) is 0 Å². The first-order chi connectivity index (χ1) is 14.8. The molecule has 0 spiro atoms. The number of primary amides is 1. The molecule has 0 aliphatic rings. The van der Waals surface area contributed by atoms with Gasteiger partial charge >= 0.3 is 0 Å². The summed E-state index contributed by atoms with van der Waals surface area (Å²) < 4.78 is 22.2. The number of aryl methyl sites for hydroxylation is 2. The van der Waals surface area contributed by atoms with Crippen molar-refractivity contribution in [1.82, 2.24) is 9.38 Å². The van der Waals surface area contributed by atoms with Crippen LogP contribution >= 0.6 is 15.9 Å². The van der Waals surface area contributed by atoms with Crippen LogP contribution < -0.4 is 15.8 Å². The molecule has 0 bridgehead atoms. The SMILES string of the molecule is Cc1cccc(C)c1Nc1c(-c2ccc(Br)cc2OCC(N)=O)nc2ccc(F)cn12. The quantitative estimate of drug-likeness (QED) is 0.399. The minimum Gasteiger partial charge on any atom is -0.483 e. The molecular weight excluding hydrogens is 463 g/mol.